The fraction of sp³-hybridized carbons (Fsp3) is 0.292. The van der Waals surface area contributed by atoms with Crippen molar-refractivity contribution in [2.45, 2.75) is 20.4 Å². The fourth-order valence-corrected chi connectivity index (χ4v) is 3.28. The number of rotatable bonds is 9. The summed E-state index contributed by atoms with van der Waals surface area (Å²) in [7, 11) is 3.13. The second kappa shape index (κ2) is 10.5. The molecule has 1 N–H and O–H groups in total. The van der Waals surface area contributed by atoms with Gasteiger partial charge >= 0.3 is 0 Å². The molecule has 0 bridgehead atoms. The first-order valence-electron chi connectivity index (χ1n) is 10.2. The Morgan fingerprint density at radius 2 is 1.72 bits per heavy atom. The Labute approximate surface area is 186 Å². The molecule has 0 aliphatic carbocycles. The maximum atomic E-state index is 12.2. The minimum atomic E-state index is -0.267. The van der Waals surface area contributed by atoms with Gasteiger partial charge in [0.25, 0.3) is 11.5 Å². The fourth-order valence-electron chi connectivity index (χ4n) is 3.28. The first-order chi connectivity index (χ1) is 15.4. The van der Waals surface area contributed by atoms with Gasteiger partial charge in [-0.15, -0.1) is 0 Å². The summed E-state index contributed by atoms with van der Waals surface area (Å²) < 4.78 is 17.6. The third-order valence-corrected chi connectivity index (χ3v) is 4.95. The van der Waals surface area contributed by atoms with Crippen LogP contribution in [0, 0.1) is 13.8 Å². The van der Waals surface area contributed by atoms with Crippen LogP contribution in [0.3, 0.4) is 0 Å². The number of methoxy groups -OCH3 is 2. The van der Waals surface area contributed by atoms with Gasteiger partial charge in [-0.3, -0.25) is 9.59 Å². The highest BCUT2D eigenvalue weighted by Gasteiger charge is 2.10. The highest BCUT2D eigenvalue weighted by molar-refractivity contribution is 5.77. The van der Waals surface area contributed by atoms with E-state index in [9.17, 15) is 9.59 Å². The molecule has 1 aromatic heterocycles. The zero-order valence-corrected chi connectivity index (χ0v) is 18.7. The van der Waals surface area contributed by atoms with E-state index in [1.807, 2.05) is 38.1 Å². The third kappa shape index (κ3) is 5.46. The molecule has 8 heteroatoms. The van der Waals surface area contributed by atoms with Crippen molar-refractivity contribution in [3.63, 3.8) is 0 Å². The number of nitrogens with zero attached hydrogens (tertiary/aromatic N) is 2. The molecule has 3 rings (SSSR count). The lowest BCUT2D eigenvalue weighted by Crippen LogP contribution is -2.34. The van der Waals surface area contributed by atoms with E-state index in [0.29, 0.717) is 22.9 Å². The van der Waals surface area contributed by atoms with Gasteiger partial charge in [0.2, 0.25) is 0 Å². The van der Waals surface area contributed by atoms with E-state index in [-0.39, 0.29) is 31.2 Å². The summed E-state index contributed by atoms with van der Waals surface area (Å²) in [5, 5.41) is 7.17. The first-order valence-corrected chi connectivity index (χ1v) is 10.2. The number of carbonyl (C=O) groups is 1. The lowest BCUT2D eigenvalue weighted by atomic mass is 10.1. The minimum absolute atomic E-state index is 0.0975. The van der Waals surface area contributed by atoms with Crippen LogP contribution in [0.25, 0.3) is 11.3 Å². The van der Waals surface area contributed by atoms with Gasteiger partial charge < -0.3 is 19.5 Å². The third-order valence-electron chi connectivity index (χ3n) is 4.95. The van der Waals surface area contributed by atoms with Gasteiger partial charge in [0, 0.05) is 18.2 Å². The minimum Gasteiger partial charge on any atom is -0.493 e. The average Bonchev–Trinajstić information content (AvgIpc) is 2.79. The molecule has 0 aliphatic heterocycles. The van der Waals surface area contributed by atoms with Crippen LogP contribution in [-0.2, 0) is 11.3 Å². The van der Waals surface area contributed by atoms with Crippen molar-refractivity contribution in [1.29, 1.82) is 0 Å². The largest absolute Gasteiger partial charge is 0.493 e. The van der Waals surface area contributed by atoms with Gasteiger partial charge in [-0.25, -0.2) is 4.68 Å². The molecule has 8 nitrogen and oxygen atoms in total. The molecule has 1 amide bonds. The molecule has 3 aromatic rings. The number of para-hydroxylation sites is 1. The van der Waals surface area contributed by atoms with Crippen molar-refractivity contribution >= 4 is 5.91 Å². The van der Waals surface area contributed by atoms with Gasteiger partial charge in [0.1, 0.15) is 5.75 Å². The summed E-state index contributed by atoms with van der Waals surface area (Å²) in [4.78, 5) is 24.4. The Morgan fingerprint density at radius 3 is 2.41 bits per heavy atom. The Kier molecular flexibility index (Phi) is 7.49. The van der Waals surface area contributed by atoms with E-state index < -0.39 is 0 Å². The molecule has 1 heterocycles. The zero-order valence-electron chi connectivity index (χ0n) is 18.7. The molecule has 0 unspecified atom stereocenters. The first kappa shape index (κ1) is 22.9. The lowest BCUT2D eigenvalue weighted by Gasteiger charge is -2.12. The van der Waals surface area contributed by atoms with Crippen molar-refractivity contribution in [3.8, 4) is 28.5 Å². The molecule has 32 heavy (non-hydrogen) atoms. The van der Waals surface area contributed by atoms with Crippen molar-refractivity contribution in [3.05, 3.63) is 70.0 Å². The molecule has 0 saturated carbocycles. The summed E-state index contributed by atoms with van der Waals surface area (Å²) in [5.41, 5.74) is 3.08. The summed E-state index contributed by atoms with van der Waals surface area (Å²) in [6, 6.07) is 14.3. The predicted molar refractivity (Wildman–Crippen MR) is 121 cm³/mol. The van der Waals surface area contributed by atoms with E-state index in [0.717, 1.165) is 16.7 Å². The van der Waals surface area contributed by atoms with Crippen LogP contribution in [0.15, 0.2) is 53.3 Å². The normalized spacial score (nSPS) is 10.5. The molecule has 2 aromatic carbocycles. The maximum Gasteiger partial charge on any atom is 0.266 e. The van der Waals surface area contributed by atoms with Crippen LogP contribution in [0.5, 0.6) is 17.2 Å². The number of nitrogens with one attached hydrogen (secondary N) is 1. The van der Waals surface area contributed by atoms with Crippen LogP contribution in [-0.4, -0.2) is 43.1 Å². The van der Waals surface area contributed by atoms with Gasteiger partial charge in [0.15, 0.2) is 18.1 Å². The molecular weight excluding hydrogens is 410 g/mol. The van der Waals surface area contributed by atoms with E-state index in [4.69, 9.17) is 14.2 Å². The maximum absolute atomic E-state index is 12.2. The SMILES string of the molecule is COc1ccc(-c2ccc(=O)n(CCNC(=O)COc3c(C)cccc3C)n2)cc1OC. The Bertz CT molecular complexity index is 1140. The second-order valence-electron chi connectivity index (χ2n) is 7.21. The molecule has 0 radical (unpaired) electrons. The smallest absolute Gasteiger partial charge is 0.266 e. The molecule has 0 saturated heterocycles. The van der Waals surface area contributed by atoms with Gasteiger partial charge in [-0.2, -0.15) is 5.10 Å². The summed E-state index contributed by atoms with van der Waals surface area (Å²) in [6.45, 7) is 4.25. The van der Waals surface area contributed by atoms with Crippen molar-refractivity contribution in [2.75, 3.05) is 27.4 Å². The Hall–Kier alpha value is -3.81. The number of hydrogen-bond donors (Lipinski definition) is 1. The molecule has 0 spiro atoms. The average molecular weight is 437 g/mol. The number of carbonyl (C=O) groups excluding carboxylic acids is 1. The topological polar surface area (TPSA) is 91.7 Å². The molecule has 0 fully saturated rings. The van der Waals surface area contributed by atoms with Crippen LogP contribution in [0.4, 0.5) is 0 Å². The second-order valence-corrected chi connectivity index (χ2v) is 7.21. The van der Waals surface area contributed by atoms with E-state index in [1.165, 1.54) is 10.7 Å². The van der Waals surface area contributed by atoms with Gasteiger partial charge in [-0.1, -0.05) is 18.2 Å². The molecular formula is C24H27N3O5. The molecule has 0 atom stereocenters. The number of aryl methyl sites for hydroxylation is 2. The number of benzene rings is 2. The summed E-state index contributed by atoms with van der Waals surface area (Å²) >= 11 is 0. The number of ether oxygens (including phenoxy) is 3. The monoisotopic (exact) mass is 437 g/mol. The lowest BCUT2D eigenvalue weighted by molar-refractivity contribution is -0.123. The summed E-state index contributed by atoms with van der Waals surface area (Å²) in [5.74, 6) is 1.62. The van der Waals surface area contributed by atoms with Gasteiger partial charge in [0.05, 0.1) is 26.5 Å². The predicted octanol–water partition coefficient (Wildman–Crippen LogP) is 2.74. The standard InChI is InChI=1S/C24H27N3O5/c1-16-6-5-7-17(2)24(16)32-15-22(28)25-12-13-27-23(29)11-9-19(26-27)18-8-10-20(30-3)21(14-18)31-4/h5-11,14H,12-13,15H2,1-4H3,(H,25,28). The molecule has 168 valence electrons. The molecule has 0 aliphatic rings. The van der Waals surface area contributed by atoms with Crippen LogP contribution < -0.4 is 25.1 Å². The van der Waals surface area contributed by atoms with Crippen molar-refractivity contribution in [1.82, 2.24) is 15.1 Å². The van der Waals surface area contributed by atoms with Crippen molar-refractivity contribution < 1.29 is 19.0 Å². The highest BCUT2D eigenvalue weighted by atomic mass is 16.5. The number of amides is 1. The van der Waals surface area contributed by atoms with Crippen LogP contribution in [0.2, 0.25) is 0 Å². The van der Waals surface area contributed by atoms with E-state index in [2.05, 4.69) is 10.4 Å². The van der Waals surface area contributed by atoms with Crippen molar-refractivity contribution in [2.24, 2.45) is 0 Å². The zero-order chi connectivity index (χ0) is 23.1. The quantitative estimate of drug-likeness (QED) is 0.554. The summed E-state index contributed by atoms with van der Waals surface area (Å²) in [6.07, 6.45) is 0. The van der Waals surface area contributed by atoms with Crippen LogP contribution in [0.1, 0.15) is 11.1 Å². The highest BCUT2D eigenvalue weighted by Crippen LogP contribution is 2.31. The van der Waals surface area contributed by atoms with E-state index in [1.54, 1.807) is 32.4 Å². The van der Waals surface area contributed by atoms with E-state index >= 15 is 0 Å². The Balaban J connectivity index is 1.61. The number of aromatic nitrogens is 2. The number of hydrogen-bond acceptors (Lipinski definition) is 6. The van der Waals surface area contributed by atoms with Crippen LogP contribution >= 0.6 is 0 Å². The Morgan fingerprint density at radius 1 is 1.00 bits per heavy atom. The van der Waals surface area contributed by atoms with Gasteiger partial charge in [-0.05, 0) is 49.2 Å².